The van der Waals surface area contributed by atoms with E-state index in [1.807, 2.05) is 50.2 Å². The number of fused-ring (bicyclic) bond motifs is 1. The van der Waals surface area contributed by atoms with Crippen LogP contribution in [0.15, 0.2) is 42.5 Å². The molecular formula is C18H16ClN3OS2. The fourth-order valence-electron chi connectivity index (χ4n) is 2.54. The summed E-state index contributed by atoms with van der Waals surface area (Å²) in [6, 6.07) is 13.7. The lowest BCUT2D eigenvalue weighted by atomic mass is 10.1. The molecule has 0 aliphatic carbocycles. The van der Waals surface area contributed by atoms with Gasteiger partial charge < -0.3 is 5.32 Å². The number of carbonyl (C=O) groups excluding carboxylic acids is 1. The van der Waals surface area contributed by atoms with Crippen LogP contribution in [0.5, 0.6) is 0 Å². The van der Waals surface area contributed by atoms with Gasteiger partial charge in [0.25, 0.3) is 5.91 Å². The van der Waals surface area contributed by atoms with Gasteiger partial charge in [-0.15, -0.1) is 11.3 Å². The van der Waals surface area contributed by atoms with Crippen molar-refractivity contribution in [3.63, 3.8) is 0 Å². The number of thiocarbonyl (C=S) groups is 1. The smallest absolute Gasteiger partial charge is 0.281 e. The summed E-state index contributed by atoms with van der Waals surface area (Å²) in [5.74, 6) is -0.323. The summed E-state index contributed by atoms with van der Waals surface area (Å²) in [6.45, 7) is 4.03. The number of benzene rings is 2. The first-order valence-corrected chi connectivity index (χ1v) is 9.17. The monoisotopic (exact) mass is 389 g/mol. The fourth-order valence-corrected chi connectivity index (χ4v) is 4.12. The maximum atomic E-state index is 12.4. The summed E-state index contributed by atoms with van der Waals surface area (Å²) < 4.78 is 0.966. The first-order valence-electron chi connectivity index (χ1n) is 7.56. The molecule has 3 aromatic rings. The largest absolute Gasteiger partial charge is 0.331 e. The van der Waals surface area contributed by atoms with E-state index < -0.39 is 0 Å². The predicted octanol–water partition coefficient (Wildman–Crippen LogP) is 4.80. The van der Waals surface area contributed by atoms with Gasteiger partial charge in [-0.1, -0.05) is 35.9 Å². The van der Waals surface area contributed by atoms with Crippen molar-refractivity contribution in [1.29, 1.82) is 0 Å². The van der Waals surface area contributed by atoms with E-state index in [4.69, 9.17) is 23.8 Å². The summed E-state index contributed by atoms with van der Waals surface area (Å²) in [4.78, 5) is 12.8. The number of aryl methyl sites for hydroxylation is 2. The number of hydrazine groups is 1. The molecule has 0 radical (unpaired) electrons. The lowest BCUT2D eigenvalue weighted by Gasteiger charge is -2.12. The summed E-state index contributed by atoms with van der Waals surface area (Å²) in [5.41, 5.74) is 8.42. The van der Waals surface area contributed by atoms with E-state index in [2.05, 4.69) is 22.2 Å². The van der Waals surface area contributed by atoms with E-state index in [1.54, 1.807) is 0 Å². The second kappa shape index (κ2) is 7.39. The van der Waals surface area contributed by atoms with Gasteiger partial charge in [-0.05, 0) is 55.4 Å². The molecule has 1 heterocycles. The molecule has 0 bridgehead atoms. The molecule has 0 aliphatic rings. The van der Waals surface area contributed by atoms with Gasteiger partial charge in [0.1, 0.15) is 4.88 Å². The van der Waals surface area contributed by atoms with E-state index in [9.17, 15) is 4.79 Å². The van der Waals surface area contributed by atoms with E-state index in [-0.39, 0.29) is 5.91 Å². The van der Waals surface area contributed by atoms with Crippen molar-refractivity contribution >= 4 is 61.9 Å². The van der Waals surface area contributed by atoms with Gasteiger partial charge in [0.15, 0.2) is 5.11 Å². The Hall–Kier alpha value is -2.15. The van der Waals surface area contributed by atoms with Crippen molar-refractivity contribution < 1.29 is 4.79 Å². The second-order valence-electron chi connectivity index (χ2n) is 5.65. The number of nitrogens with one attached hydrogen (secondary N) is 3. The minimum Gasteiger partial charge on any atom is -0.331 e. The number of rotatable bonds is 2. The Balaban J connectivity index is 1.65. The Kier molecular flexibility index (Phi) is 5.22. The zero-order valence-corrected chi connectivity index (χ0v) is 16.0. The third-order valence-corrected chi connectivity index (χ3v) is 5.39. The quantitative estimate of drug-likeness (QED) is 0.435. The number of anilines is 1. The summed E-state index contributed by atoms with van der Waals surface area (Å²) >= 11 is 12.9. The van der Waals surface area contributed by atoms with Crippen LogP contribution in [-0.2, 0) is 0 Å². The Bertz CT molecular complexity index is 948. The number of hydrogen-bond donors (Lipinski definition) is 3. The lowest BCUT2D eigenvalue weighted by Crippen LogP contribution is -2.43. The highest BCUT2D eigenvalue weighted by Gasteiger charge is 2.16. The molecule has 3 N–H and O–H groups in total. The normalized spacial score (nSPS) is 10.5. The van der Waals surface area contributed by atoms with Crippen LogP contribution in [0.4, 0.5) is 5.69 Å². The van der Waals surface area contributed by atoms with Crippen molar-refractivity contribution in [2.75, 3.05) is 5.32 Å². The molecule has 4 nitrogen and oxygen atoms in total. The van der Waals surface area contributed by atoms with E-state index in [0.717, 1.165) is 26.9 Å². The fraction of sp³-hybridized carbons (Fsp3) is 0.111. The van der Waals surface area contributed by atoms with Crippen LogP contribution in [0.1, 0.15) is 20.8 Å². The van der Waals surface area contributed by atoms with E-state index in [1.165, 1.54) is 11.3 Å². The van der Waals surface area contributed by atoms with Crippen molar-refractivity contribution in [3.8, 4) is 0 Å². The van der Waals surface area contributed by atoms with Crippen LogP contribution in [0.25, 0.3) is 10.1 Å². The van der Waals surface area contributed by atoms with Crippen molar-refractivity contribution in [2.24, 2.45) is 0 Å². The minimum absolute atomic E-state index is 0.301. The minimum atomic E-state index is -0.323. The first-order chi connectivity index (χ1) is 11.9. The molecule has 0 saturated carbocycles. The summed E-state index contributed by atoms with van der Waals surface area (Å²) in [6.07, 6.45) is 0. The topological polar surface area (TPSA) is 53.2 Å². The van der Waals surface area contributed by atoms with Gasteiger partial charge >= 0.3 is 0 Å². The standard InChI is InChI=1S/C18H16ClN3OS2/c1-10-7-11(2)9-12(8-10)20-18(24)22-21-17(23)16-15(19)13-5-3-4-6-14(13)25-16/h3-9H,1-2H3,(H,21,23)(H2,20,22,24). The van der Waals surface area contributed by atoms with Gasteiger partial charge in [0.2, 0.25) is 0 Å². The average molecular weight is 390 g/mol. The second-order valence-corrected chi connectivity index (χ2v) is 7.49. The lowest BCUT2D eigenvalue weighted by molar-refractivity contribution is 0.0948. The number of hydrogen-bond acceptors (Lipinski definition) is 3. The zero-order chi connectivity index (χ0) is 18.0. The highest BCUT2D eigenvalue weighted by atomic mass is 35.5. The molecule has 0 fully saturated rings. The Morgan fingerprint density at radius 2 is 1.76 bits per heavy atom. The van der Waals surface area contributed by atoms with Gasteiger partial charge in [0, 0.05) is 15.8 Å². The van der Waals surface area contributed by atoms with Gasteiger partial charge in [0.05, 0.1) is 5.02 Å². The molecule has 1 aromatic heterocycles. The van der Waals surface area contributed by atoms with Crippen LogP contribution in [0, 0.1) is 13.8 Å². The Morgan fingerprint density at radius 1 is 1.08 bits per heavy atom. The molecule has 25 heavy (non-hydrogen) atoms. The van der Waals surface area contributed by atoms with Gasteiger partial charge in [-0.25, -0.2) is 0 Å². The molecule has 7 heteroatoms. The predicted molar refractivity (Wildman–Crippen MR) is 110 cm³/mol. The van der Waals surface area contributed by atoms with Crippen LogP contribution in [0.2, 0.25) is 5.02 Å². The van der Waals surface area contributed by atoms with Crippen molar-refractivity contribution in [2.45, 2.75) is 13.8 Å². The Morgan fingerprint density at radius 3 is 2.44 bits per heavy atom. The van der Waals surface area contributed by atoms with Crippen LogP contribution < -0.4 is 16.2 Å². The molecule has 0 spiro atoms. The Labute approximate surface area is 160 Å². The number of halogens is 1. The molecule has 0 atom stereocenters. The number of amides is 1. The summed E-state index contributed by atoms with van der Waals surface area (Å²) in [5, 5.41) is 4.67. The van der Waals surface area contributed by atoms with Gasteiger partial charge in [-0.3, -0.25) is 15.6 Å². The maximum Gasteiger partial charge on any atom is 0.281 e. The SMILES string of the molecule is Cc1cc(C)cc(NC(=S)NNC(=O)c2sc3ccccc3c2Cl)c1. The zero-order valence-electron chi connectivity index (χ0n) is 13.6. The van der Waals surface area contributed by atoms with Crippen molar-refractivity contribution in [1.82, 2.24) is 10.9 Å². The van der Waals surface area contributed by atoms with Crippen molar-refractivity contribution in [3.05, 3.63) is 63.5 Å². The third kappa shape index (κ3) is 4.10. The van der Waals surface area contributed by atoms with Crippen LogP contribution in [-0.4, -0.2) is 11.0 Å². The highest BCUT2D eigenvalue weighted by Crippen LogP contribution is 2.34. The number of thiophene rings is 1. The third-order valence-electron chi connectivity index (χ3n) is 3.51. The van der Waals surface area contributed by atoms with E-state index in [0.29, 0.717) is 15.0 Å². The molecule has 0 aliphatic heterocycles. The molecule has 0 unspecified atom stereocenters. The molecule has 0 saturated heterocycles. The molecule has 128 valence electrons. The summed E-state index contributed by atoms with van der Waals surface area (Å²) in [7, 11) is 0. The van der Waals surface area contributed by atoms with Crippen LogP contribution >= 0.6 is 35.2 Å². The molecular weight excluding hydrogens is 374 g/mol. The average Bonchev–Trinajstić information content (AvgIpc) is 2.89. The molecule has 1 amide bonds. The first kappa shape index (κ1) is 17.7. The highest BCUT2D eigenvalue weighted by molar-refractivity contribution is 7.80. The van der Waals surface area contributed by atoms with Gasteiger partial charge in [-0.2, -0.15) is 0 Å². The number of carbonyl (C=O) groups is 1. The molecule has 3 rings (SSSR count). The van der Waals surface area contributed by atoms with E-state index >= 15 is 0 Å². The molecule has 2 aromatic carbocycles. The van der Waals surface area contributed by atoms with Crippen LogP contribution in [0.3, 0.4) is 0 Å². The maximum absolute atomic E-state index is 12.4.